The minimum atomic E-state index is -0.273. The van der Waals surface area contributed by atoms with E-state index in [9.17, 15) is 15.0 Å². The molecule has 4 nitrogen and oxygen atoms in total. The lowest BCUT2D eigenvalue weighted by Gasteiger charge is -2.20. The third-order valence-electron chi connectivity index (χ3n) is 2.80. The van der Waals surface area contributed by atoms with Crippen LogP contribution in [0.1, 0.15) is 23.2 Å². The first kappa shape index (κ1) is 11.5. The van der Waals surface area contributed by atoms with Crippen LogP contribution in [-0.4, -0.2) is 33.6 Å². The van der Waals surface area contributed by atoms with Crippen LogP contribution in [0.2, 0.25) is 0 Å². The molecule has 1 aliphatic rings. The van der Waals surface area contributed by atoms with Crippen LogP contribution in [-0.2, 0) is 0 Å². The number of phenols is 2. The van der Waals surface area contributed by atoms with Crippen LogP contribution in [0.4, 0.5) is 0 Å². The van der Waals surface area contributed by atoms with Gasteiger partial charge in [0.2, 0.25) is 0 Å². The molecule has 0 spiro atoms. The van der Waals surface area contributed by atoms with Crippen LogP contribution in [0.5, 0.6) is 11.5 Å². The largest absolute Gasteiger partial charge is 0.504 e. The van der Waals surface area contributed by atoms with Crippen molar-refractivity contribution in [2.45, 2.75) is 18.9 Å². The molecule has 1 fully saturated rings. The van der Waals surface area contributed by atoms with E-state index in [1.54, 1.807) is 11.0 Å². The molecule has 1 amide bonds. The molecule has 2 N–H and O–H groups in total. The van der Waals surface area contributed by atoms with Crippen molar-refractivity contribution < 1.29 is 15.0 Å². The second-order valence-corrected chi connectivity index (χ2v) is 4.18. The molecule has 0 aromatic heterocycles. The summed E-state index contributed by atoms with van der Waals surface area (Å²) in [4.78, 5) is 13.9. The fourth-order valence-corrected chi connectivity index (χ4v) is 1.75. The molecule has 1 aromatic rings. The predicted molar refractivity (Wildman–Crippen MR) is 64.0 cm³/mol. The van der Waals surface area contributed by atoms with E-state index in [1.807, 2.05) is 0 Å². The number of carbonyl (C=O) groups is 1. The Morgan fingerprint density at radius 2 is 2.12 bits per heavy atom. The van der Waals surface area contributed by atoms with Crippen LogP contribution in [0.25, 0.3) is 0 Å². The van der Waals surface area contributed by atoms with Gasteiger partial charge in [-0.3, -0.25) is 4.79 Å². The van der Waals surface area contributed by atoms with Gasteiger partial charge in [0.15, 0.2) is 11.5 Å². The van der Waals surface area contributed by atoms with Gasteiger partial charge in [0.05, 0.1) is 0 Å². The Kier molecular flexibility index (Phi) is 3.04. The van der Waals surface area contributed by atoms with Gasteiger partial charge in [-0.25, -0.2) is 0 Å². The summed E-state index contributed by atoms with van der Waals surface area (Å²) in [6, 6.07) is 4.41. The highest BCUT2D eigenvalue weighted by Crippen LogP contribution is 2.30. The number of aromatic hydroxyl groups is 2. The quantitative estimate of drug-likeness (QED) is 0.616. The first-order chi connectivity index (χ1) is 8.13. The summed E-state index contributed by atoms with van der Waals surface area (Å²) in [7, 11) is 0. The molecule has 2 rings (SSSR count). The molecule has 0 heterocycles. The summed E-state index contributed by atoms with van der Waals surface area (Å²) < 4.78 is 0. The summed E-state index contributed by atoms with van der Waals surface area (Å²) in [5, 5.41) is 18.6. The van der Waals surface area contributed by atoms with Crippen molar-refractivity contribution in [2.75, 3.05) is 6.54 Å². The van der Waals surface area contributed by atoms with Gasteiger partial charge in [-0.05, 0) is 31.0 Å². The van der Waals surface area contributed by atoms with Gasteiger partial charge < -0.3 is 15.1 Å². The summed E-state index contributed by atoms with van der Waals surface area (Å²) in [5.74, 6) is -0.629. The minimum Gasteiger partial charge on any atom is -0.504 e. The number of hydrogen-bond acceptors (Lipinski definition) is 3. The first-order valence-electron chi connectivity index (χ1n) is 5.57. The average molecular weight is 233 g/mol. The van der Waals surface area contributed by atoms with Crippen molar-refractivity contribution >= 4 is 5.91 Å². The molecule has 0 aliphatic heterocycles. The molecule has 0 atom stereocenters. The Morgan fingerprint density at radius 1 is 1.41 bits per heavy atom. The van der Waals surface area contributed by atoms with Crippen molar-refractivity contribution in [3.63, 3.8) is 0 Å². The van der Waals surface area contributed by atoms with E-state index in [0.717, 1.165) is 12.8 Å². The number of phenolic OH excluding ortho intramolecular Hbond substituents is 2. The number of hydrogen-bond donors (Lipinski definition) is 2. The zero-order valence-electron chi connectivity index (χ0n) is 9.47. The molecule has 0 saturated heterocycles. The third kappa shape index (κ3) is 2.41. The van der Waals surface area contributed by atoms with Crippen LogP contribution in [0, 0.1) is 0 Å². The van der Waals surface area contributed by atoms with E-state index >= 15 is 0 Å². The Labute approximate surface area is 99.8 Å². The maximum absolute atomic E-state index is 12.2. The first-order valence-corrected chi connectivity index (χ1v) is 5.57. The van der Waals surface area contributed by atoms with Crippen LogP contribution >= 0.6 is 0 Å². The second-order valence-electron chi connectivity index (χ2n) is 4.18. The van der Waals surface area contributed by atoms with Gasteiger partial charge in [-0.1, -0.05) is 6.08 Å². The monoisotopic (exact) mass is 233 g/mol. The predicted octanol–water partition coefficient (Wildman–Crippen LogP) is 1.89. The van der Waals surface area contributed by atoms with Crippen molar-refractivity contribution in [1.29, 1.82) is 0 Å². The Hall–Kier alpha value is -1.97. The lowest BCUT2D eigenvalue weighted by atomic mass is 10.1. The number of carbonyl (C=O) groups excluding carboxylic acids is 1. The van der Waals surface area contributed by atoms with Gasteiger partial charge in [-0.2, -0.15) is 0 Å². The third-order valence-corrected chi connectivity index (χ3v) is 2.80. The molecule has 0 unspecified atom stereocenters. The Bertz CT molecular complexity index is 452. The van der Waals surface area contributed by atoms with Gasteiger partial charge in [-0.15, -0.1) is 6.58 Å². The fraction of sp³-hybridized carbons (Fsp3) is 0.308. The zero-order valence-corrected chi connectivity index (χ0v) is 9.47. The maximum atomic E-state index is 12.2. The van der Waals surface area contributed by atoms with Gasteiger partial charge in [0, 0.05) is 18.2 Å². The van der Waals surface area contributed by atoms with Gasteiger partial charge in [0.25, 0.3) is 5.91 Å². The van der Waals surface area contributed by atoms with E-state index in [1.165, 1.54) is 18.2 Å². The van der Waals surface area contributed by atoms with E-state index in [-0.39, 0.29) is 23.4 Å². The Balaban J connectivity index is 2.21. The summed E-state index contributed by atoms with van der Waals surface area (Å²) in [5.41, 5.74) is 0.383. The molecule has 4 heteroatoms. The molecule has 0 radical (unpaired) electrons. The van der Waals surface area contributed by atoms with Crippen LogP contribution in [0.3, 0.4) is 0 Å². The molecule has 90 valence electrons. The summed E-state index contributed by atoms with van der Waals surface area (Å²) >= 11 is 0. The van der Waals surface area contributed by atoms with Gasteiger partial charge >= 0.3 is 0 Å². The summed E-state index contributed by atoms with van der Waals surface area (Å²) in [6.07, 6.45) is 3.73. The molecule has 1 aliphatic carbocycles. The second kappa shape index (κ2) is 4.49. The van der Waals surface area contributed by atoms with Crippen LogP contribution in [0.15, 0.2) is 30.9 Å². The zero-order chi connectivity index (χ0) is 12.4. The number of amides is 1. The van der Waals surface area contributed by atoms with Gasteiger partial charge in [0.1, 0.15) is 0 Å². The summed E-state index contributed by atoms with van der Waals surface area (Å²) in [6.45, 7) is 4.14. The molecular formula is C13H15NO3. The molecular weight excluding hydrogens is 218 g/mol. The van der Waals surface area contributed by atoms with E-state index in [0.29, 0.717) is 12.1 Å². The van der Waals surface area contributed by atoms with E-state index in [2.05, 4.69) is 6.58 Å². The topological polar surface area (TPSA) is 60.8 Å². The number of nitrogens with zero attached hydrogens (tertiary/aromatic N) is 1. The lowest BCUT2D eigenvalue weighted by Crippen LogP contribution is -2.33. The fourth-order valence-electron chi connectivity index (χ4n) is 1.75. The van der Waals surface area contributed by atoms with Crippen molar-refractivity contribution in [3.05, 3.63) is 36.4 Å². The minimum absolute atomic E-state index is 0.136. The SMILES string of the molecule is C=CCN(C(=O)c1ccc(O)c(O)c1)C1CC1. The smallest absolute Gasteiger partial charge is 0.254 e. The van der Waals surface area contributed by atoms with Crippen LogP contribution < -0.4 is 0 Å². The number of benzene rings is 1. The lowest BCUT2D eigenvalue weighted by molar-refractivity contribution is 0.0762. The molecule has 1 aromatic carbocycles. The molecule has 1 saturated carbocycles. The average Bonchev–Trinajstić information content (AvgIpc) is 3.13. The van der Waals surface area contributed by atoms with Crippen molar-refractivity contribution in [2.24, 2.45) is 0 Å². The highest BCUT2D eigenvalue weighted by atomic mass is 16.3. The van der Waals surface area contributed by atoms with Crippen molar-refractivity contribution in [3.8, 4) is 11.5 Å². The number of rotatable bonds is 4. The van der Waals surface area contributed by atoms with E-state index in [4.69, 9.17) is 0 Å². The Morgan fingerprint density at radius 3 is 2.65 bits per heavy atom. The highest BCUT2D eigenvalue weighted by molar-refractivity contribution is 5.95. The molecule has 17 heavy (non-hydrogen) atoms. The maximum Gasteiger partial charge on any atom is 0.254 e. The normalized spacial score (nSPS) is 14.4. The van der Waals surface area contributed by atoms with E-state index < -0.39 is 0 Å². The molecule has 0 bridgehead atoms. The van der Waals surface area contributed by atoms with Crippen molar-refractivity contribution in [1.82, 2.24) is 4.90 Å². The highest BCUT2D eigenvalue weighted by Gasteiger charge is 2.32. The standard InChI is InChI=1S/C13H15NO3/c1-2-7-14(10-4-5-10)13(17)9-3-6-11(15)12(16)8-9/h2-3,6,8,10,15-16H,1,4-5,7H2.